The summed E-state index contributed by atoms with van der Waals surface area (Å²) in [6.07, 6.45) is 6.51. The van der Waals surface area contributed by atoms with Crippen molar-refractivity contribution < 1.29 is 14.3 Å². The van der Waals surface area contributed by atoms with E-state index in [4.69, 9.17) is 16.5 Å². The van der Waals surface area contributed by atoms with E-state index in [-0.39, 0.29) is 28.4 Å². The maximum Gasteiger partial charge on any atom is 0.311 e. The van der Waals surface area contributed by atoms with E-state index in [0.717, 1.165) is 38.5 Å². The Kier molecular flexibility index (Phi) is 4.65. The number of nitrogens with zero attached hydrogens (tertiary/aromatic N) is 4. The van der Waals surface area contributed by atoms with Crippen molar-refractivity contribution in [2.45, 2.75) is 38.5 Å². The van der Waals surface area contributed by atoms with E-state index in [2.05, 4.69) is 25.2 Å². The molecule has 1 amide bonds. The molecule has 2 aromatic heterocycles. The van der Waals surface area contributed by atoms with Gasteiger partial charge < -0.3 is 10.1 Å². The predicted octanol–water partition coefficient (Wildman–Crippen LogP) is 2.17. The smallest absolute Gasteiger partial charge is 0.311 e. The summed E-state index contributed by atoms with van der Waals surface area (Å²) in [5.74, 6) is 0.133. The number of rotatable bonds is 5. The van der Waals surface area contributed by atoms with Crippen LogP contribution in [0.1, 0.15) is 49.0 Å². The Labute approximate surface area is 167 Å². The van der Waals surface area contributed by atoms with Gasteiger partial charge in [-0.25, -0.2) is 14.6 Å². The van der Waals surface area contributed by atoms with Crippen LogP contribution in [0.5, 0.6) is 0 Å². The molecule has 0 radical (unpaired) electrons. The number of nitrogens with one attached hydrogen (secondary N) is 2. The van der Waals surface area contributed by atoms with Gasteiger partial charge in [-0.15, -0.1) is 0 Å². The number of halogens is 1. The molecule has 2 bridgehead atoms. The molecule has 2 heterocycles. The molecule has 3 aliphatic rings. The van der Waals surface area contributed by atoms with Gasteiger partial charge in [0.15, 0.2) is 11.5 Å². The Bertz CT molecular complexity index is 918. The first-order valence-electron chi connectivity index (χ1n) is 9.35. The largest absolute Gasteiger partial charge is 0.469 e. The molecule has 0 saturated heterocycles. The molecule has 2 N–H and O–H groups in total. The van der Waals surface area contributed by atoms with Crippen LogP contribution in [0.25, 0.3) is 11.0 Å². The lowest BCUT2D eigenvalue weighted by molar-refractivity contribution is -0.162. The van der Waals surface area contributed by atoms with Crippen LogP contribution in [-0.2, 0) is 16.6 Å². The first kappa shape index (κ1) is 18.9. The highest BCUT2D eigenvalue weighted by Gasteiger charge is 2.53. The maximum atomic E-state index is 12.8. The van der Waals surface area contributed by atoms with Gasteiger partial charge in [0.1, 0.15) is 17.4 Å². The van der Waals surface area contributed by atoms with Crippen molar-refractivity contribution in [3.8, 4) is 0 Å². The van der Waals surface area contributed by atoms with Gasteiger partial charge in [0, 0.05) is 25.4 Å². The first-order chi connectivity index (χ1) is 13.4. The van der Waals surface area contributed by atoms with Gasteiger partial charge in [0.2, 0.25) is 0 Å². The molecule has 0 spiro atoms. The zero-order valence-corrected chi connectivity index (χ0v) is 16.7. The van der Waals surface area contributed by atoms with Crippen molar-refractivity contribution in [1.82, 2.24) is 25.1 Å². The molecule has 0 aliphatic heterocycles. The Morgan fingerprint density at radius 1 is 1.18 bits per heavy atom. The lowest BCUT2D eigenvalue weighted by Gasteiger charge is -2.51. The zero-order valence-electron chi connectivity index (χ0n) is 15.9. The van der Waals surface area contributed by atoms with E-state index in [9.17, 15) is 9.59 Å². The number of ether oxygens (including phenoxy) is 1. The van der Waals surface area contributed by atoms with Gasteiger partial charge in [-0.05, 0) is 43.9 Å². The molecule has 0 atom stereocenters. The Hall–Kier alpha value is -2.42. The van der Waals surface area contributed by atoms with Crippen molar-refractivity contribution in [1.29, 1.82) is 0 Å². The monoisotopic (exact) mass is 406 g/mol. The summed E-state index contributed by atoms with van der Waals surface area (Å²) in [5, 5.41) is 7.35. The number of fused-ring (bicyclic) bond motifs is 4. The third kappa shape index (κ3) is 2.88. The van der Waals surface area contributed by atoms with Gasteiger partial charge in [0.05, 0.1) is 12.5 Å². The van der Waals surface area contributed by atoms with Crippen LogP contribution in [0.4, 0.5) is 5.82 Å². The van der Waals surface area contributed by atoms with E-state index >= 15 is 0 Å². The van der Waals surface area contributed by atoms with Crippen LogP contribution in [0.3, 0.4) is 0 Å². The standard InChI is InChI=1S/C18H23ClN6O3/c1-25-14(23-19)12-11(24-25)13(22-10-21-12)15(26)20-9-17-3-6-18(7-4-17,8-5-17)16(27)28-2/h10,23H,3-9H2,1-2H3,(H,20,26). The molecule has 28 heavy (non-hydrogen) atoms. The van der Waals surface area contributed by atoms with Gasteiger partial charge in [-0.3, -0.25) is 14.4 Å². The van der Waals surface area contributed by atoms with E-state index in [1.54, 1.807) is 7.05 Å². The van der Waals surface area contributed by atoms with E-state index in [0.29, 0.717) is 23.4 Å². The normalized spacial score (nSPS) is 26.2. The molecule has 2 aromatic rings. The van der Waals surface area contributed by atoms with Gasteiger partial charge >= 0.3 is 5.97 Å². The SMILES string of the molecule is COC(=O)C12CCC(CNC(=O)c3ncnc4c(NCl)n(C)nc34)(CC1)CC2. The molecule has 0 aromatic carbocycles. The fourth-order valence-electron chi connectivity index (χ4n) is 4.67. The average molecular weight is 407 g/mol. The van der Waals surface area contributed by atoms with E-state index < -0.39 is 0 Å². The number of aryl methyl sites for hydroxylation is 1. The summed E-state index contributed by atoms with van der Waals surface area (Å²) in [5.41, 5.74) is 0.836. The van der Waals surface area contributed by atoms with Crippen molar-refractivity contribution in [3.63, 3.8) is 0 Å². The molecule has 3 fully saturated rings. The summed E-state index contributed by atoms with van der Waals surface area (Å²) < 4.78 is 6.54. The fourth-order valence-corrected chi connectivity index (χ4v) is 4.89. The average Bonchev–Trinajstić information content (AvgIpc) is 3.07. The van der Waals surface area contributed by atoms with Gasteiger partial charge in [0.25, 0.3) is 5.91 Å². The summed E-state index contributed by atoms with van der Waals surface area (Å²) in [6, 6.07) is 0. The number of esters is 1. The second-order valence-corrected chi connectivity index (χ2v) is 8.13. The summed E-state index contributed by atoms with van der Waals surface area (Å²) in [4.78, 5) is 35.8. The molecule has 3 aliphatic carbocycles. The molecule has 9 nitrogen and oxygen atoms in total. The topological polar surface area (TPSA) is 111 Å². The minimum atomic E-state index is -0.321. The van der Waals surface area contributed by atoms with Crippen LogP contribution < -0.4 is 10.2 Å². The lowest BCUT2D eigenvalue weighted by Crippen LogP contribution is -2.50. The number of carbonyl (C=O) groups is 2. The van der Waals surface area contributed by atoms with Crippen LogP contribution in [0, 0.1) is 10.8 Å². The number of carbonyl (C=O) groups excluding carboxylic acids is 2. The van der Waals surface area contributed by atoms with Crippen LogP contribution in [0.2, 0.25) is 0 Å². The van der Waals surface area contributed by atoms with Crippen molar-refractivity contribution in [3.05, 3.63) is 12.0 Å². The molecule has 10 heteroatoms. The minimum absolute atomic E-state index is 0.0323. The molecular weight excluding hydrogens is 384 g/mol. The highest BCUT2D eigenvalue weighted by molar-refractivity contribution is 6.25. The highest BCUT2D eigenvalue weighted by Crippen LogP contribution is 2.57. The second kappa shape index (κ2) is 6.88. The van der Waals surface area contributed by atoms with Crippen molar-refractivity contribution in [2.75, 3.05) is 18.5 Å². The molecule has 3 saturated carbocycles. The summed E-state index contributed by atoms with van der Waals surface area (Å²) in [7, 11) is 3.17. The summed E-state index contributed by atoms with van der Waals surface area (Å²) >= 11 is 5.73. The van der Waals surface area contributed by atoms with E-state index in [1.165, 1.54) is 18.1 Å². The number of amides is 1. The van der Waals surface area contributed by atoms with Crippen LogP contribution in [-0.4, -0.2) is 45.3 Å². The van der Waals surface area contributed by atoms with Crippen LogP contribution >= 0.6 is 11.8 Å². The molecule has 150 valence electrons. The molecule has 5 rings (SSSR count). The lowest BCUT2D eigenvalue weighted by atomic mass is 9.53. The number of hydrogen-bond acceptors (Lipinski definition) is 7. The Morgan fingerprint density at radius 3 is 2.46 bits per heavy atom. The fraction of sp³-hybridized carbons (Fsp3) is 0.611. The van der Waals surface area contributed by atoms with Gasteiger partial charge in [-0.2, -0.15) is 5.10 Å². The zero-order chi connectivity index (χ0) is 19.9. The molecular formula is C18H23ClN6O3. The second-order valence-electron chi connectivity index (χ2n) is 7.94. The Balaban J connectivity index is 1.48. The number of aromatic nitrogens is 4. The number of hydrogen-bond donors (Lipinski definition) is 2. The number of methoxy groups -OCH3 is 1. The van der Waals surface area contributed by atoms with Gasteiger partial charge in [-0.1, -0.05) is 0 Å². The van der Waals surface area contributed by atoms with Crippen molar-refractivity contribution >= 4 is 40.5 Å². The predicted molar refractivity (Wildman–Crippen MR) is 103 cm³/mol. The summed E-state index contributed by atoms with van der Waals surface area (Å²) in [6.45, 7) is 0.558. The van der Waals surface area contributed by atoms with Crippen molar-refractivity contribution in [2.24, 2.45) is 17.9 Å². The third-order valence-electron chi connectivity index (χ3n) is 6.57. The minimum Gasteiger partial charge on any atom is -0.469 e. The molecule has 0 unspecified atom stereocenters. The Morgan fingerprint density at radius 2 is 1.86 bits per heavy atom. The quantitative estimate of drug-likeness (QED) is 0.578. The number of anilines is 1. The third-order valence-corrected chi connectivity index (χ3v) is 6.75. The first-order valence-corrected chi connectivity index (χ1v) is 9.72. The highest BCUT2D eigenvalue weighted by atomic mass is 35.5. The maximum absolute atomic E-state index is 12.8. The van der Waals surface area contributed by atoms with Crippen LogP contribution in [0.15, 0.2) is 6.33 Å². The van der Waals surface area contributed by atoms with E-state index in [1.807, 2.05) is 0 Å².